The third-order valence-corrected chi connectivity index (χ3v) is 3.35. The lowest BCUT2D eigenvalue weighted by Gasteiger charge is -2.27. The van der Waals surface area contributed by atoms with Gasteiger partial charge in [0.25, 0.3) is 0 Å². The molecule has 0 aromatic heterocycles. The van der Waals surface area contributed by atoms with Gasteiger partial charge in [0.15, 0.2) is 0 Å². The molecule has 1 atom stereocenters. The minimum atomic E-state index is -0.226. The average Bonchev–Trinajstić information content (AvgIpc) is 2.33. The Morgan fingerprint density at radius 1 is 1.33 bits per heavy atom. The molecule has 0 aliphatic carbocycles. The van der Waals surface area contributed by atoms with Gasteiger partial charge in [0.2, 0.25) is 0 Å². The van der Waals surface area contributed by atoms with Gasteiger partial charge in [-0.3, -0.25) is 0 Å². The second-order valence-corrected chi connectivity index (χ2v) is 4.82. The van der Waals surface area contributed by atoms with Crippen LogP contribution >= 0.6 is 0 Å². The van der Waals surface area contributed by atoms with E-state index in [1.807, 2.05) is 13.1 Å². The molecule has 18 heavy (non-hydrogen) atoms. The maximum atomic E-state index is 9.03. The predicted molar refractivity (Wildman–Crippen MR) is 75.5 cm³/mol. The van der Waals surface area contributed by atoms with E-state index >= 15 is 0 Å². The molecule has 1 aromatic rings. The maximum absolute atomic E-state index is 9.03. The molecule has 0 radical (unpaired) electrons. The maximum Gasteiger partial charge on any atom is 0.122 e. The molecule has 0 heterocycles. The Balaban J connectivity index is 3.13. The van der Waals surface area contributed by atoms with Crippen LogP contribution in [0.5, 0.6) is 5.75 Å². The van der Waals surface area contributed by atoms with Gasteiger partial charge in [-0.15, -0.1) is 0 Å². The fourth-order valence-electron chi connectivity index (χ4n) is 2.33. The molecule has 0 amide bonds. The number of benzene rings is 1. The average molecular weight is 252 g/mol. The van der Waals surface area contributed by atoms with Crippen molar-refractivity contribution in [3.63, 3.8) is 0 Å². The van der Waals surface area contributed by atoms with Gasteiger partial charge in [0.05, 0.1) is 13.7 Å². The standard InChI is InChI=1S/C14H24N2O2/c1-9-6-13(18-5)10(2)11(3)14(9)16(4)7-12(15)8-17/h6,12,17H,7-8,15H2,1-5H3. The first kappa shape index (κ1) is 14.8. The van der Waals surface area contributed by atoms with E-state index in [1.165, 1.54) is 5.56 Å². The number of aryl methyl sites for hydroxylation is 1. The largest absolute Gasteiger partial charge is 0.496 e. The monoisotopic (exact) mass is 252 g/mol. The molecule has 0 bridgehead atoms. The summed E-state index contributed by atoms with van der Waals surface area (Å²) in [5.41, 5.74) is 10.4. The minimum absolute atomic E-state index is 0.00241. The summed E-state index contributed by atoms with van der Waals surface area (Å²) >= 11 is 0. The Labute approximate surface area is 109 Å². The molecule has 4 nitrogen and oxygen atoms in total. The Morgan fingerprint density at radius 3 is 2.44 bits per heavy atom. The molecule has 3 N–H and O–H groups in total. The number of aliphatic hydroxyl groups excluding tert-OH is 1. The van der Waals surface area contributed by atoms with Crippen molar-refractivity contribution in [2.24, 2.45) is 5.73 Å². The number of methoxy groups -OCH3 is 1. The molecule has 0 aliphatic heterocycles. The van der Waals surface area contributed by atoms with Crippen molar-refractivity contribution < 1.29 is 9.84 Å². The zero-order valence-electron chi connectivity index (χ0n) is 11.9. The van der Waals surface area contributed by atoms with Crippen LogP contribution in [0, 0.1) is 20.8 Å². The highest BCUT2D eigenvalue weighted by Crippen LogP contribution is 2.33. The van der Waals surface area contributed by atoms with Crippen molar-refractivity contribution in [3.05, 3.63) is 22.8 Å². The highest BCUT2D eigenvalue weighted by atomic mass is 16.5. The van der Waals surface area contributed by atoms with Crippen molar-refractivity contribution in [3.8, 4) is 5.75 Å². The van der Waals surface area contributed by atoms with Crippen LogP contribution in [0.15, 0.2) is 6.07 Å². The second kappa shape index (κ2) is 6.07. The number of ether oxygens (including phenoxy) is 1. The van der Waals surface area contributed by atoms with E-state index in [9.17, 15) is 0 Å². The quantitative estimate of drug-likeness (QED) is 0.831. The molecule has 1 aromatic carbocycles. The number of likely N-dealkylation sites (N-methyl/N-ethyl adjacent to an activating group) is 1. The summed E-state index contributed by atoms with van der Waals surface area (Å²) < 4.78 is 5.36. The molecule has 0 aliphatic rings. The number of hydrogen-bond acceptors (Lipinski definition) is 4. The number of nitrogens with two attached hydrogens (primary N) is 1. The molecule has 4 heteroatoms. The van der Waals surface area contributed by atoms with Crippen LogP contribution in [0.25, 0.3) is 0 Å². The van der Waals surface area contributed by atoms with E-state index in [2.05, 4.69) is 25.7 Å². The van der Waals surface area contributed by atoms with Gasteiger partial charge in [0.1, 0.15) is 5.75 Å². The minimum Gasteiger partial charge on any atom is -0.496 e. The van der Waals surface area contributed by atoms with E-state index in [4.69, 9.17) is 15.6 Å². The second-order valence-electron chi connectivity index (χ2n) is 4.82. The van der Waals surface area contributed by atoms with Gasteiger partial charge in [0, 0.05) is 25.3 Å². The first-order chi connectivity index (χ1) is 8.42. The summed E-state index contributed by atoms with van der Waals surface area (Å²) in [4.78, 5) is 2.10. The van der Waals surface area contributed by atoms with E-state index in [-0.39, 0.29) is 12.6 Å². The molecule has 1 rings (SSSR count). The predicted octanol–water partition coefficient (Wildman–Crippen LogP) is 1.38. The topological polar surface area (TPSA) is 58.7 Å². The van der Waals surface area contributed by atoms with Crippen molar-refractivity contribution in [1.29, 1.82) is 0 Å². The van der Waals surface area contributed by atoms with Gasteiger partial charge in [-0.1, -0.05) is 0 Å². The molecular weight excluding hydrogens is 228 g/mol. The SMILES string of the molecule is COc1cc(C)c(N(C)CC(N)CO)c(C)c1C. The van der Waals surface area contributed by atoms with Crippen molar-refractivity contribution >= 4 is 5.69 Å². The van der Waals surface area contributed by atoms with Crippen LogP contribution in [0.3, 0.4) is 0 Å². The molecule has 102 valence electrons. The van der Waals surface area contributed by atoms with Gasteiger partial charge in [-0.05, 0) is 43.5 Å². The molecule has 0 saturated heterocycles. The molecular formula is C14H24N2O2. The highest BCUT2D eigenvalue weighted by Gasteiger charge is 2.15. The summed E-state index contributed by atoms with van der Waals surface area (Å²) in [6.45, 7) is 6.82. The third kappa shape index (κ3) is 2.94. The fourth-order valence-corrected chi connectivity index (χ4v) is 2.33. The smallest absolute Gasteiger partial charge is 0.122 e. The number of aliphatic hydroxyl groups is 1. The lowest BCUT2D eigenvalue weighted by molar-refractivity contribution is 0.267. The van der Waals surface area contributed by atoms with E-state index in [1.54, 1.807) is 7.11 Å². The van der Waals surface area contributed by atoms with Crippen LogP contribution in [0.2, 0.25) is 0 Å². The van der Waals surface area contributed by atoms with E-state index in [0.717, 1.165) is 22.6 Å². The highest BCUT2D eigenvalue weighted by molar-refractivity contribution is 5.64. The Bertz CT molecular complexity index is 419. The normalized spacial score (nSPS) is 12.4. The van der Waals surface area contributed by atoms with E-state index < -0.39 is 0 Å². The zero-order chi connectivity index (χ0) is 13.9. The van der Waals surface area contributed by atoms with E-state index in [0.29, 0.717) is 6.54 Å². The Kier molecular flexibility index (Phi) is 4.99. The first-order valence-electron chi connectivity index (χ1n) is 6.14. The van der Waals surface area contributed by atoms with Crippen LogP contribution < -0.4 is 15.4 Å². The number of rotatable bonds is 5. The Morgan fingerprint density at radius 2 is 1.94 bits per heavy atom. The van der Waals surface area contributed by atoms with Gasteiger partial charge >= 0.3 is 0 Å². The van der Waals surface area contributed by atoms with Gasteiger partial charge < -0.3 is 20.5 Å². The molecule has 1 unspecified atom stereocenters. The summed E-state index contributed by atoms with van der Waals surface area (Å²) in [5.74, 6) is 0.911. The van der Waals surface area contributed by atoms with Crippen LogP contribution in [0.1, 0.15) is 16.7 Å². The van der Waals surface area contributed by atoms with Crippen molar-refractivity contribution in [2.75, 3.05) is 32.2 Å². The summed E-state index contributed by atoms with van der Waals surface area (Å²) in [6.07, 6.45) is 0. The molecule has 0 saturated carbocycles. The first-order valence-corrected chi connectivity index (χ1v) is 6.14. The number of nitrogens with zero attached hydrogens (tertiary/aromatic N) is 1. The number of hydrogen-bond donors (Lipinski definition) is 2. The lowest BCUT2D eigenvalue weighted by Crippen LogP contribution is -2.38. The summed E-state index contributed by atoms with van der Waals surface area (Å²) in [7, 11) is 3.68. The summed E-state index contributed by atoms with van der Waals surface area (Å²) in [5, 5.41) is 9.03. The zero-order valence-corrected chi connectivity index (χ0v) is 11.9. The number of anilines is 1. The fraction of sp³-hybridized carbons (Fsp3) is 0.571. The lowest BCUT2D eigenvalue weighted by atomic mass is 10.0. The van der Waals surface area contributed by atoms with Crippen LogP contribution in [-0.4, -0.2) is 38.5 Å². The molecule has 0 fully saturated rings. The van der Waals surface area contributed by atoms with Gasteiger partial charge in [-0.2, -0.15) is 0 Å². The van der Waals surface area contributed by atoms with Gasteiger partial charge in [-0.25, -0.2) is 0 Å². The van der Waals surface area contributed by atoms with Crippen LogP contribution in [-0.2, 0) is 0 Å². The van der Waals surface area contributed by atoms with Crippen molar-refractivity contribution in [2.45, 2.75) is 26.8 Å². The summed E-state index contributed by atoms with van der Waals surface area (Å²) in [6, 6.07) is 1.81. The third-order valence-electron chi connectivity index (χ3n) is 3.35. The van der Waals surface area contributed by atoms with Crippen LogP contribution in [0.4, 0.5) is 5.69 Å². The molecule has 0 spiro atoms. The Hall–Kier alpha value is -1.26. The van der Waals surface area contributed by atoms with Crippen molar-refractivity contribution in [1.82, 2.24) is 0 Å².